The van der Waals surface area contributed by atoms with E-state index in [1.54, 1.807) is 17.8 Å². The smallest absolute Gasteiger partial charge is 0.124 e. The summed E-state index contributed by atoms with van der Waals surface area (Å²) >= 11 is 1.76. The topological polar surface area (TPSA) is 75.9 Å². The number of nitrogen functional groups attached to an aromatic ring is 2. The molecule has 0 saturated heterocycles. The monoisotopic (exact) mass is 223 g/mol. The first-order valence-electron chi connectivity index (χ1n) is 4.87. The second-order valence-corrected chi connectivity index (χ2v) is 4.96. The van der Waals surface area contributed by atoms with Gasteiger partial charge in [0.05, 0.1) is 0 Å². The predicted octanol–water partition coefficient (Wildman–Crippen LogP) is 2.30. The quantitative estimate of drug-likeness (QED) is 0.317. The Morgan fingerprint density at radius 3 is 2.67 bits per heavy atom. The Kier molecular flexibility index (Phi) is 4.03. The Balaban J connectivity index is 2.83. The van der Waals surface area contributed by atoms with Crippen LogP contribution in [0, 0.1) is 11.3 Å². The van der Waals surface area contributed by atoms with Crippen LogP contribution in [-0.2, 0) is 0 Å². The molecule has 0 fully saturated rings. The van der Waals surface area contributed by atoms with Crippen LogP contribution in [0.2, 0.25) is 0 Å². The van der Waals surface area contributed by atoms with E-state index < -0.39 is 0 Å². The summed E-state index contributed by atoms with van der Waals surface area (Å²) in [6.07, 6.45) is 0. The molecule has 4 heteroatoms. The summed E-state index contributed by atoms with van der Waals surface area (Å²) in [4.78, 5) is 1.11. The lowest BCUT2D eigenvalue weighted by Gasteiger charge is -2.08. The molecule has 0 amide bonds. The average molecular weight is 223 g/mol. The van der Waals surface area contributed by atoms with Gasteiger partial charge >= 0.3 is 0 Å². The molecule has 0 atom stereocenters. The van der Waals surface area contributed by atoms with E-state index in [4.69, 9.17) is 16.9 Å². The zero-order chi connectivity index (χ0) is 11.4. The molecule has 0 spiro atoms. The predicted molar refractivity (Wildman–Crippen MR) is 67.4 cm³/mol. The molecule has 1 aromatic carbocycles. The van der Waals surface area contributed by atoms with Crippen LogP contribution in [0.15, 0.2) is 23.1 Å². The van der Waals surface area contributed by atoms with Crippen LogP contribution >= 0.6 is 11.8 Å². The number of hydrogen-bond donors (Lipinski definition) is 3. The highest BCUT2D eigenvalue weighted by atomic mass is 32.2. The van der Waals surface area contributed by atoms with Gasteiger partial charge < -0.3 is 11.5 Å². The van der Waals surface area contributed by atoms with Gasteiger partial charge in [0.15, 0.2) is 0 Å². The van der Waals surface area contributed by atoms with Crippen molar-refractivity contribution in [1.29, 1.82) is 5.41 Å². The van der Waals surface area contributed by atoms with Crippen molar-refractivity contribution < 1.29 is 0 Å². The highest BCUT2D eigenvalue weighted by Crippen LogP contribution is 2.24. The minimum absolute atomic E-state index is 0.0273. The van der Waals surface area contributed by atoms with Gasteiger partial charge in [-0.25, -0.2) is 0 Å². The third kappa shape index (κ3) is 3.47. The van der Waals surface area contributed by atoms with Crippen LogP contribution in [0.5, 0.6) is 0 Å². The lowest BCUT2D eigenvalue weighted by atomic mass is 10.2. The van der Waals surface area contributed by atoms with Crippen LogP contribution in [0.1, 0.15) is 19.4 Å². The van der Waals surface area contributed by atoms with E-state index in [9.17, 15) is 0 Å². The minimum atomic E-state index is 0.0273. The molecule has 0 saturated carbocycles. The molecule has 0 bridgehead atoms. The number of benzene rings is 1. The number of nitrogens with two attached hydrogens (primary N) is 2. The number of hydrogen-bond acceptors (Lipinski definition) is 3. The normalized spacial score (nSPS) is 10.6. The van der Waals surface area contributed by atoms with Crippen LogP contribution in [0.3, 0.4) is 0 Å². The molecule has 0 aromatic heterocycles. The van der Waals surface area contributed by atoms with Crippen molar-refractivity contribution in [2.75, 3.05) is 11.5 Å². The van der Waals surface area contributed by atoms with Crippen molar-refractivity contribution in [3.05, 3.63) is 23.8 Å². The SMILES string of the molecule is CC(C)CSc1ccc(N)c(C(=N)N)c1. The maximum Gasteiger partial charge on any atom is 0.124 e. The van der Waals surface area contributed by atoms with E-state index in [0.29, 0.717) is 17.2 Å². The summed E-state index contributed by atoms with van der Waals surface area (Å²) in [5.74, 6) is 1.73. The highest BCUT2D eigenvalue weighted by Gasteiger charge is 2.04. The molecule has 3 nitrogen and oxygen atoms in total. The fraction of sp³-hybridized carbons (Fsp3) is 0.364. The van der Waals surface area contributed by atoms with Gasteiger partial charge in [-0.3, -0.25) is 5.41 Å². The molecule has 0 unspecified atom stereocenters. The molecule has 0 aliphatic rings. The van der Waals surface area contributed by atoms with Crippen LogP contribution < -0.4 is 11.5 Å². The summed E-state index contributed by atoms with van der Waals surface area (Å²) < 4.78 is 0. The third-order valence-electron chi connectivity index (χ3n) is 1.90. The van der Waals surface area contributed by atoms with Gasteiger partial charge in [0.1, 0.15) is 5.84 Å². The van der Waals surface area contributed by atoms with Gasteiger partial charge in [-0.15, -0.1) is 11.8 Å². The lowest BCUT2D eigenvalue weighted by Crippen LogP contribution is -2.13. The summed E-state index contributed by atoms with van der Waals surface area (Å²) in [6, 6.07) is 5.65. The van der Waals surface area contributed by atoms with Crippen molar-refractivity contribution in [3.8, 4) is 0 Å². The number of anilines is 1. The second kappa shape index (κ2) is 5.07. The molecule has 0 aliphatic heterocycles. The number of rotatable bonds is 4. The van der Waals surface area contributed by atoms with Crippen LogP contribution in [0.4, 0.5) is 5.69 Å². The summed E-state index contributed by atoms with van der Waals surface area (Å²) in [6.45, 7) is 4.35. The van der Waals surface area contributed by atoms with E-state index in [-0.39, 0.29) is 5.84 Å². The Morgan fingerprint density at radius 2 is 2.13 bits per heavy atom. The van der Waals surface area contributed by atoms with E-state index in [1.807, 2.05) is 12.1 Å². The van der Waals surface area contributed by atoms with Gasteiger partial charge in [-0.2, -0.15) is 0 Å². The maximum absolute atomic E-state index is 7.38. The molecule has 1 aromatic rings. The Hall–Kier alpha value is -1.16. The molecule has 0 radical (unpaired) electrons. The van der Waals surface area contributed by atoms with Gasteiger partial charge in [-0.05, 0) is 24.1 Å². The van der Waals surface area contributed by atoms with E-state index in [2.05, 4.69) is 13.8 Å². The molecule has 1 rings (SSSR count). The first-order valence-corrected chi connectivity index (χ1v) is 5.86. The first-order chi connectivity index (χ1) is 7.00. The molecular formula is C11H17N3S. The first kappa shape index (κ1) is 11.9. The van der Waals surface area contributed by atoms with Gasteiger partial charge in [0, 0.05) is 21.9 Å². The third-order valence-corrected chi connectivity index (χ3v) is 3.32. The molecule has 82 valence electrons. The molecule has 15 heavy (non-hydrogen) atoms. The Bertz CT molecular complexity index is 361. The lowest BCUT2D eigenvalue weighted by molar-refractivity contribution is 0.750. The summed E-state index contributed by atoms with van der Waals surface area (Å²) in [7, 11) is 0. The van der Waals surface area contributed by atoms with Crippen LogP contribution in [-0.4, -0.2) is 11.6 Å². The number of thioether (sulfide) groups is 1. The zero-order valence-corrected chi connectivity index (χ0v) is 9.90. The molecule has 0 heterocycles. The largest absolute Gasteiger partial charge is 0.398 e. The Morgan fingerprint density at radius 1 is 1.47 bits per heavy atom. The van der Waals surface area contributed by atoms with Crippen molar-refractivity contribution in [2.45, 2.75) is 18.7 Å². The molecular weight excluding hydrogens is 206 g/mol. The summed E-state index contributed by atoms with van der Waals surface area (Å²) in [5.41, 5.74) is 12.3. The molecule has 0 aliphatic carbocycles. The Labute approximate surface area is 94.7 Å². The van der Waals surface area contributed by atoms with E-state index in [1.165, 1.54) is 0 Å². The highest BCUT2D eigenvalue weighted by molar-refractivity contribution is 7.99. The average Bonchev–Trinajstić information content (AvgIpc) is 2.16. The number of nitrogens with one attached hydrogen (secondary N) is 1. The minimum Gasteiger partial charge on any atom is -0.398 e. The van der Waals surface area contributed by atoms with Crippen molar-refractivity contribution in [1.82, 2.24) is 0 Å². The van der Waals surface area contributed by atoms with Gasteiger partial charge in [0.2, 0.25) is 0 Å². The maximum atomic E-state index is 7.38. The van der Waals surface area contributed by atoms with Crippen molar-refractivity contribution in [2.24, 2.45) is 11.7 Å². The van der Waals surface area contributed by atoms with Crippen molar-refractivity contribution in [3.63, 3.8) is 0 Å². The number of amidine groups is 1. The summed E-state index contributed by atoms with van der Waals surface area (Å²) in [5, 5.41) is 7.38. The van der Waals surface area contributed by atoms with E-state index in [0.717, 1.165) is 10.6 Å². The fourth-order valence-corrected chi connectivity index (χ4v) is 2.01. The molecule has 5 N–H and O–H groups in total. The second-order valence-electron chi connectivity index (χ2n) is 3.87. The van der Waals surface area contributed by atoms with Gasteiger partial charge in [0.25, 0.3) is 0 Å². The standard InChI is InChI=1S/C11H17N3S/c1-7(2)6-15-8-3-4-10(12)9(5-8)11(13)14/h3-5,7H,6,12H2,1-2H3,(H3,13,14). The van der Waals surface area contributed by atoms with E-state index >= 15 is 0 Å². The van der Waals surface area contributed by atoms with Crippen LogP contribution in [0.25, 0.3) is 0 Å². The fourth-order valence-electron chi connectivity index (χ4n) is 1.12. The van der Waals surface area contributed by atoms with Gasteiger partial charge in [-0.1, -0.05) is 13.8 Å². The van der Waals surface area contributed by atoms with Crippen molar-refractivity contribution >= 4 is 23.3 Å². The zero-order valence-electron chi connectivity index (χ0n) is 9.08.